The maximum Gasteiger partial charge on any atom is 0.208 e. The van der Waals surface area contributed by atoms with Crippen LogP contribution in [-0.2, 0) is 0 Å². The van der Waals surface area contributed by atoms with Crippen LogP contribution in [0.1, 0.15) is 13.3 Å². The Morgan fingerprint density at radius 3 is 2.02 bits per heavy atom. The molecule has 0 fully saturated rings. The van der Waals surface area contributed by atoms with Crippen LogP contribution in [0, 0.1) is 5.92 Å². The summed E-state index contributed by atoms with van der Waals surface area (Å²) in [6.45, 7) is 2.24. The molecule has 0 aliphatic heterocycles. The molecule has 1 unspecified atom stereocenters. The quantitative estimate of drug-likeness (QED) is 0.0911. The second-order valence-electron chi connectivity index (χ2n) is 13.0. The van der Waals surface area contributed by atoms with Crippen LogP contribution in [0.25, 0.3) is 60.0 Å². The van der Waals surface area contributed by atoms with Gasteiger partial charge in [0.25, 0.3) is 0 Å². The maximum absolute atomic E-state index is 11.1. The predicted molar refractivity (Wildman–Crippen MR) is 207 cm³/mol. The first-order chi connectivity index (χ1) is 24.8. The predicted octanol–water partition coefficient (Wildman–Crippen LogP) is 9.26. The van der Waals surface area contributed by atoms with Gasteiger partial charge in [-0.1, -0.05) is 73.7 Å². The molecule has 7 nitrogen and oxygen atoms in total. The van der Waals surface area contributed by atoms with E-state index in [1.807, 2.05) is 66.7 Å². The molecule has 2 aromatic heterocycles. The number of phenolic OH excluding ortho intramolecular Hbond substituents is 5. The highest BCUT2D eigenvalue weighted by Gasteiger charge is 2.29. The van der Waals surface area contributed by atoms with Crippen LogP contribution in [-0.4, -0.2) is 30.1 Å². The Morgan fingerprint density at radius 2 is 1.25 bits per heavy atom. The van der Waals surface area contributed by atoms with E-state index in [9.17, 15) is 25.5 Å². The molecular weight excluding hydrogens is 657 g/mol. The van der Waals surface area contributed by atoms with E-state index < -0.39 is 28.7 Å². The molecule has 1 aliphatic rings. The van der Waals surface area contributed by atoms with Crippen LogP contribution in [0.3, 0.4) is 0 Å². The molecule has 9 rings (SSSR count). The van der Waals surface area contributed by atoms with Gasteiger partial charge in [-0.15, -0.1) is 11.3 Å². The third-order valence-corrected chi connectivity index (χ3v) is 11.0. The lowest BCUT2D eigenvalue weighted by atomic mass is 9.99. The fourth-order valence-corrected chi connectivity index (χ4v) is 8.43. The van der Waals surface area contributed by atoms with Crippen molar-refractivity contribution >= 4 is 71.6 Å². The molecule has 0 radical (unpaired) electrons. The van der Waals surface area contributed by atoms with E-state index in [2.05, 4.69) is 72.2 Å². The minimum absolute atomic E-state index is 0.273. The van der Waals surface area contributed by atoms with Crippen molar-refractivity contribution in [3.63, 3.8) is 0 Å². The Hall–Kier alpha value is -6.38. The lowest BCUT2D eigenvalue weighted by Crippen LogP contribution is -2.31. The van der Waals surface area contributed by atoms with Gasteiger partial charge in [-0.25, -0.2) is 0 Å². The van der Waals surface area contributed by atoms with Gasteiger partial charge in [-0.05, 0) is 84.1 Å². The summed E-state index contributed by atoms with van der Waals surface area (Å²) in [7, 11) is 0. The van der Waals surface area contributed by atoms with E-state index in [-0.39, 0.29) is 5.69 Å². The standard InChI is InChI=1S/C43H32N2O5S/c1-24-11-18-34-31(21-24)32-22-26(14-19-35(32)45(34)27-7-3-2-4-8-27)25-12-15-28(16-13-25)44(38-39(46)41(48)43(50)42(49)40(38)47)29-17-20-37-33(23-29)30-9-5-6-10-36(30)51-37/h2-10,12-24,46-50H,11H2,1H3. The molecule has 8 aromatic rings. The zero-order valence-corrected chi connectivity index (χ0v) is 28.3. The van der Waals surface area contributed by atoms with Gasteiger partial charge >= 0.3 is 0 Å². The number of fused-ring (bicyclic) bond motifs is 6. The van der Waals surface area contributed by atoms with Gasteiger partial charge in [-0.2, -0.15) is 0 Å². The number of rotatable bonds is 5. The van der Waals surface area contributed by atoms with Gasteiger partial charge in [0.15, 0.2) is 11.5 Å². The minimum atomic E-state index is -1.01. The molecule has 0 saturated carbocycles. The van der Waals surface area contributed by atoms with Crippen LogP contribution in [0.5, 0.6) is 28.7 Å². The third kappa shape index (κ3) is 4.79. The molecule has 6 aromatic carbocycles. The summed E-state index contributed by atoms with van der Waals surface area (Å²) in [5.74, 6) is -4.01. The van der Waals surface area contributed by atoms with E-state index in [1.165, 1.54) is 16.0 Å². The number of hydrogen-bond donors (Lipinski definition) is 5. The van der Waals surface area contributed by atoms with Crippen molar-refractivity contribution in [1.29, 1.82) is 0 Å². The number of thiophene rings is 1. The number of anilines is 3. The highest BCUT2D eigenvalue weighted by Crippen LogP contribution is 2.58. The Balaban J connectivity index is 1.20. The molecule has 0 spiro atoms. The number of benzene rings is 6. The van der Waals surface area contributed by atoms with Gasteiger partial charge in [0.05, 0.1) is 5.52 Å². The molecule has 1 atom stereocenters. The maximum atomic E-state index is 11.1. The van der Waals surface area contributed by atoms with E-state index in [0.29, 0.717) is 17.3 Å². The van der Waals surface area contributed by atoms with E-state index in [4.69, 9.17) is 0 Å². The van der Waals surface area contributed by atoms with Crippen molar-refractivity contribution < 1.29 is 25.5 Å². The van der Waals surface area contributed by atoms with Crippen molar-refractivity contribution in [2.45, 2.75) is 13.3 Å². The van der Waals surface area contributed by atoms with Crippen molar-refractivity contribution in [2.75, 3.05) is 4.90 Å². The molecule has 51 heavy (non-hydrogen) atoms. The Kier molecular flexibility index (Phi) is 6.98. The SMILES string of the molecule is CC1C=c2c(n(-c3ccccc3)c3ccc(-c4ccc(N(c5ccc6sc7ccccc7c6c5)c5c(O)c(O)c(O)c(O)c5O)cc4)cc23)=CC1. The minimum Gasteiger partial charge on any atom is -0.503 e. The van der Waals surface area contributed by atoms with E-state index in [1.54, 1.807) is 16.2 Å². The number of aromatic nitrogens is 1. The summed E-state index contributed by atoms with van der Waals surface area (Å²) in [5, 5.41) is 59.2. The third-order valence-electron chi connectivity index (χ3n) is 9.84. The topological polar surface area (TPSA) is 109 Å². The zero-order valence-electron chi connectivity index (χ0n) is 27.4. The summed E-state index contributed by atoms with van der Waals surface area (Å²) >= 11 is 1.66. The highest BCUT2D eigenvalue weighted by molar-refractivity contribution is 7.25. The highest BCUT2D eigenvalue weighted by atomic mass is 32.1. The van der Waals surface area contributed by atoms with Gasteiger partial charge in [0.1, 0.15) is 5.69 Å². The Morgan fingerprint density at radius 1 is 0.608 bits per heavy atom. The molecule has 1 aliphatic carbocycles. The first-order valence-corrected chi connectivity index (χ1v) is 17.5. The summed E-state index contributed by atoms with van der Waals surface area (Å²) < 4.78 is 4.50. The normalized spacial score (nSPS) is 14.0. The fourth-order valence-electron chi connectivity index (χ4n) is 7.34. The largest absolute Gasteiger partial charge is 0.503 e. The molecule has 2 heterocycles. The van der Waals surface area contributed by atoms with Crippen molar-refractivity contribution in [2.24, 2.45) is 5.92 Å². The smallest absolute Gasteiger partial charge is 0.208 e. The molecule has 0 saturated heterocycles. The van der Waals surface area contributed by atoms with Gasteiger partial charge < -0.3 is 35.0 Å². The second kappa shape index (κ2) is 11.6. The molecule has 0 bridgehead atoms. The van der Waals surface area contributed by atoms with Gasteiger partial charge in [0.2, 0.25) is 17.2 Å². The summed E-state index contributed by atoms with van der Waals surface area (Å²) in [6.07, 6.45) is 5.67. The van der Waals surface area contributed by atoms with Crippen LogP contribution < -0.4 is 15.5 Å². The number of hydrogen-bond acceptors (Lipinski definition) is 7. The monoisotopic (exact) mass is 688 g/mol. The number of phenols is 5. The lowest BCUT2D eigenvalue weighted by Gasteiger charge is -2.28. The summed E-state index contributed by atoms with van der Waals surface area (Å²) in [5.41, 5.74) is 5.06. The van der Waals surface area contributed by atoms with Crippen molar-refractivity contribution in [1.82, 2.24) is 4.57 Å². The van der Waals surface area contributed by atoms with Gasteiger partial charge in [-0.3, -0.25) is 0 Å². The van der Waals surface area contributed by atoms with Crippen LogP contribution in [0.4, 0.5) is 17.1 Å². The van der Waals surface area contributed by atoms with Gasteiger partial charge in [0, 0.05) is 53.2 Å². The van der Waals surface area contributed by atoms with Crippen LogP contribution in [0.2, 0.25) is 0 Å². The summed E-state index contributed by atoms with van der Waals surface area (Å²) in [4.78, 5) is 1.56. The molecular formula is C43H32N2O5S. The van der Waals surface area contributed by atoms with Crippen molar-refractivity contribution in [3.8, 4) is 45.6 Å². The second-order valence-corrected chi connectivity index (χ2v) is 14.1. The van der Waals surface area contributed by atoms with Crippen LogP contribution in [0.15, 0.2) is 115 Å². The number of para-hydroxylation sites is 1. The average Bonchev–Trinajstić information content (AvgIpc) is 3.70. The molecule has 5 N–H and O–H groups in total. The average molecular weight is 689 g/mol. The van der Waals surface area contributed by atoms with E-state index in [0.717, 1.165) is 48.9 Å². The Bertz CT molecular complexity index is 2770. The summed E-state index contributed by atoms with van der Waals surface area (Å²) in [6, 6.07) is 38.4. The molecule has 0 amide bonds. The first-order valence-electron chi connectivity index (χ1n) is 16.7. The number of nitrogens with zero attached hydrogens (tertiary/aromatic N) is 2. The lowest BCUT2D eigenvalue weighted by molar-refractivity contribution is 0.329. The van der Waals surface area contributed by atoms with Crippen LogP contribution >= 0.6 is 11.3 Å². The zero-order chi connectivity index (χ0) is 35.0. The van der Waals surface area contributed by atoms with Crippen molar-refractivity contribution in [3.05, 3.63) is 126 Å². The number of aromatic hydroxyl groups is 5. The molecule has 250 valence electrons. The Labute approximate surface area is 296 Å². The molecule has 8 heteroatoms. The first kappa shape index (κ1) is 30.7. The van der Waals surface area contributed by atoms with E-state index >= 15 is 0 Å². The fraction of sp³-hybridized carbons (Fsp3) is 0.0698.